The Morgan fingerprint density at radius 1 is 0.973 bits per heavy atom. The van der Waals surface area contributed by atoms with E-state index in [0.29, 0.717) is 23.7 Å². The molecule has 1 atom stereocenters. The summed E-state index contributed by atoms with van der Waals surface area (Å²) in [5, 5.41) is 3.62. The predicted molar refractivity (Wildman–Crippen MR) is 150 cm³/mol. The maximum absolute atomic E-state index is 13.7. The van der Waals surface area contributed by atoms with Gasteiger partial charge in [-0.1, -0.05) is 73.5 Å². The van der Waals surface area contributed by atoms with Crippen molar-refractivity contribution in [2.24, 2.45) is 0 Å². The zero-order valence-corrected chi connectivity index (χ0v) is 23.0. The van der Waals surface area contributed by atoms with Crippen LogP contribution in [0.15, 0.2) is 66.7 Å². The van der Waals surface area contributed by atoms with E-state index in [9.17, 15) is 9.59 Å². The Kier molecular flexibility index (Phi) is 10.6. The van der Waals surface area contributed by atoms with Crippen LogP contribution in [0.1, 0.15) is 47.6 Å². The maximum atomic E-state index is 13.7. The van der Waals surface area contributed by atoms with Crippen molar-refractivity contribution in [1.82, 2.24) is 10.2 Å². The van der Waals surface area contributed by atoms with E-state index in [-0.39, 0.29) is 25.0 Å². The predicted octanol–water partition coefficient (Wildman–Crippen LogP) is 6.20. The van der Waals surface area contributed by atoms with Crippen LogP contribution in [0.5, 0.6) is 5.75 Å². The number of hydrogen-bond donors (Lipinski definition) is 1. The van der Waals surface area contributed by atoms with Crippen molar-refractivity contribution in [2.45, 2.75) is 59.5 Å². The SMILES string of the molecule is CCCCNC(=O)C(Cc1ccccc1)N(Cc1cccc(Cl)c1)C(=O)COc1cc(C)cc(C)c1C. The van der Waals surface area contributed by atoms with E-state index in [0.717, 1.165) is 40.7 Å². The molecule has 0 fully saturated rings. The Hall–Kier alpha value is -3.31. The molecular formula is C31H37ClN2O3. The van der Waals surface area contributed by atoms with Crippen LogP contribution < -0.4 is 10.1 Å². The highest BCUT2D eigenvalue weighted by atomic mass is 35.5. The van der Waals surface area contributed by atoms with Gasteiger partial charge in [-0.05, 0) is 73.2 Å². The van der Waals surface area contributed by atoms with Crippen LogP contribution in [-0.2, 0) is 22.6 Å². The minimum absolute atomic E-state index is 0.169. The number of benzene rings is 3. The van der Waals surface area contributed by atoms with Gasteiger partial charge in [0.05, 0.1) is 0 Å². The smallest absolute Gasteiger partial charge is 0.261 e. The fourth-order valence-electron chi connectivity index (χ4n) is 4.27. The number of hydrogen-bond acceptors (Lipinski definition) is 3. The van der Waals surface area contributed by atoms with Crippen molar-refractivity contribution in [3.63, 3.8) is 0 Å². The van der Waals surface area contributed by atoms with Crippen LogP contribution in [0.25, 0.3) is 0 Å². The van der Waals surface area contributed by atoms with Crippen molar-refractivity contribution < 1.29 is 14.3 Å². The highest BCUT2D eigenvalue weighted by Gasteiger charge is 2.30. The molecule has 0 radical (unpaired) electrons. The molecule has 1 unspecified atom stereocenters. The largest absolute Gasteiger partial charge is 0.483 e. The van der Waals surface area contributed by atoms with Gasteiger partial charge in [-0.3, -0.25) is 9.59 Å². The van der Waals surface area contributed by atoms with Crippen LogP contribution >= 0.6 is 11.6 Å². The topological polar surface area (TPSA) is 58.6 Å². The quantitative estimate of drug-likeness (QED) is 0.289. The van der Waals surface area contributed by atoms with Gasteiger partial charge in [0.2, 0.25) is 5.91 Å². The lowest BCUT2D eigenvalue weighted by Gasteiger charge is -2.31. The first-order chi connectivity index (χ1) is 17.8. The number of nitrogens with zero attached hydrogens (tertiary/aromatic N) is 1. The number of carbonyl (C=O) groups is 2. The molecule has 0 aromatic heterocycles. The van der Waals surface area contributed by atoms with Gasteiger partial charge in [-0.25, -0.2) is 0 Å². The molecule has 2 amide bonds. The first-order valence-corrected chi connectivity index (χ1v) is 13.2. The van der Waals surface area contributed by atoms with Crippen LogP contribution in [0, 0.1) is 20.8 Å². The van der Waals surface area contributed by atoms with Gasteiger partial charge in [0.15, 0.2) is 6.61 Å². The van der Waals surface area contributed by atoms with Crippen molar-refractivity contribution in [1.29, 1.82) is 0 Å². The third kappa shape index (κ3) is 8.36. The fraction of sp³-hybridized carbons (Fsp3) is 0.355. The van der Waals surface area contributed by atoms with E-state index in [1.54, 1.807) is 11.0 Å². The summed E-state index contributed by atoms with van der Waals surface area (Å²) in [6, 6.07) is 20.5. The van der Waals surface area contributed by atoms with Gasteiger partial charge in [0.25, 0.3) is 5.91 Å². The second kappa shape index (κ2) is 13.8. The summed E-state index contributed by atoms with van der Waals surface area (Å²) in [6.45, 7) is 8.73. The maximum Gasteiger partial charge on any atom is 0.261 e. The van der Waals surface area contributed by atoms with Crippen LogP contribution in [-0.4, -0.2) is 35.9 Å². The Balaban J connectivity index is 1.92. The molecule has 5 nitrogen and oxygen atoms in total. The molecule has 0 saturated carbocycles. The van der Waals surface area contributed by atoms with E-state index in [2.05, 4.69) is 18.3 Å². The first-order valence-electron chi connectivity index (χ1n) is 12.8. The minimum atomic E-state index is -0.699. The summed E-state index contributed by atoms with van der Waals surface area (Å²) in [7, 11) is 0. The summed E-state index contributed by atoms with van der Waals surface area (Å²) < 4.78 is 6.03. The first kappa shape index (κ1) is 28.3. The van der Waals surface area contributed by atoms with E-state index in [1.807, 2.05) is 75.4 Å². The molecule has 0 bridgehead atoms. The molecule has 3 aromatic rings. The zero-order valence-electron chi connectivity index (χ0n) is 22.2. The monoisotopic (exact) mass is 520 g/mol. The molecule has 0 spiro atoms. The molecule has 1 N–H and O–H groups in total. The van der Waals surface area contributed by atoms with Gasteiger partial charge in [0, 0.05) is 24.5 Å². The van der Waals surface area contributed by atoms with Crippen molar-refractivity contribution >= 4 is 23.4 Å². The molecule has 0 aliphatic rings. The number of aryl methyl sites for hydroxylation is 2. The normalized spacial score (nSPS) is 11.6. The number of unbranched alkanes of at least 4 members (excludes halogenated alkanes) is 1. The molecule has 3 aromatic carbocycles. The van der Waals surface area contributed by atoms with Crippen molar-refractivity contribution in [3.05, 3.63) is 99.6 Å². The second-order valence-electron chi connectivity index (χ2n) is 9.50. The number of halogens is 1. The average molecular weight is 521 g/mol. The second-order valence-corrected chi connectivity index (χ2v) is 9.93. The van der Waals surface area contributed by atoms with E-state index in [4.69, 9.17) is 16.3 Å². The van der Waals surface area contributed by atoms with Gasteiger partial charge in [-0.15, -0.1) is 0 Å². The van der Waals surface area contributed by atoms with E-state index < -0.39 is 6.04 Å². The standard InChI is InChI=1S/C31H37ClN2O3/c1-5-6-15-33-31(36)28(19-25-11-8-7-9-12-25)34(20-26-13-10-14-27(32)18-26)30(35)21-37-29-17-22(2)16-23(3)24(29)4/h7-14,16-18,28H,5-6,15,19-21H2,1-4H3,(H,33,36). The number of ether oxygens (including phenoxy) is 1. The van der Waals surface area contributed by atoms with E-state index >= 15 is 0 Å². The lowest BCUT2D eigenvalue weighted by atomic mass is 10.0. The summed E-state index contributed by atoms with van der Waals surface area (Å²) in [5.41, 5.74) is 5.00. The summed E-state index contributed by atoms with van der Waals surface area (Å²) >= 11 is 6.25. The van der Waals surface area contributed by atoms with Gasteiger partial charge >= 0.3 is 0 Å². The Morgan fingerprint density at radius 3 is 2.41 bits per heavy atom. The van der Waals surface area contributed by atoms with Crippen molar-refractivity contribution in [3.8, 4) is 5.75 Å². The lowest BCUT2D eigenvalue weighted by Crippen LogP contribution is -2.51. The Labute approximate surface area is 225 Å². The number of amides is 2. The summed E-state index contributed by atoms with van der Waals surface area (Å²) in [6.07, 6.45) is 2.24. The lowest BCUT2D eigenvalue weighted by molar-refractivity contribution is -0.142. The third-order valence-corrected chi connectivity index (χ3v) is 6.69. The number of carbonyl (C=O) groups excluding carboxylic acids is 2. The minimum Gasteiger partial charge on any atom is -0.483 e. The zero-order chi connectivity index (χ0) is 26.8. The van der Waals surface area contributed by atoms with Crippen LogP contribution in [0.2, 0.25) is 5.02 Å². The Bertz CT molecular complexity index is 1200. The molecular weight excluding hydrogens is 484 g/mol. The molecule has 196 valence electrons. The molecule has 6 heteroatoms. The van der Waals surface area contributed by atoms with Crippen molar-refractivity contribution in [2.75, 3.05) is 13.2 Å². The highest BCUT2D eigenvalue weighted by Crippen LogP contribution is 2.24. The van der Waals surface area contributed by atoms with Gasteiger partial charge in [0.1, 0.15) is 11.8 Å². The van der Waals surface area contributed by atoms with Crippen LogP contribution in [0.3, 0.4) is 0 Å². The molecule has 0 heterocycles. The van der Waals surface area contributed by atoms with Gasteiger partial charge < -0.3 is 15.0 Å². The fourth-order valence-corrected chi connectivity index (χ4v) is 4.48. The Morgan fingerprint density at radius 2 is 1.70 bits per heavy atom. The highest BCUT2D eigenvalue weighted by molar-refractivity contribution is 6.30. The molecule has 3 rings (SSSR count). The van der Waals surface area contributed by atoms with Gasteiger partial charge in [-0.2, -0.15) is 0 Å². The average Bonchev–Trinajstić information content (AvgIpc) is 2.88. The van der Waals surface area contributed by atoms with Crippen LogP contribution in [0.4, 0.5) is 0 Å². The van der Waals surface area contributed by atoms with E-state index in [1.165, 1.54) is 0 Å². The molecule has 37 heavy (non-hydrogen) atoms. The molecule has 0 aliphatic heterocycles. The molecule has 0 saturated heterocycles. The third-order valence-electron chi connectivity index (χ3n) is 6.46. The number of rotatable bonds is 12. The summed E-state index contributed by atoms with van der Waals surface area (Å²) in [4.78, 5) is 28.8. The number of nitrogens with one attached hydrogen (secondary N) is 1. The molecule has 0 aliphatic carbocycles. The summed E-state index contributed by atoms with van der Waals surface area (Å²) in [5.74, 6) is 0.251.